The Bertz CT molecular complexity index is 222. The highest BCUT2D eigenvalue weighted by Gasteiger charge is 1.91. The molecule has 0 N–H and O–H groups in total. The van der Waals surface area contributed by atoms with Crippen LogP contribution < -0.4 is 0 Å². The van der Waals surface area contributed by atoms with Crippen LogP contribution in [-0.2, 0) is 0 Å². The van der Waals surface area contributed by atoms with Gasteiger partial charge in [0.25, 0.3) is 0 Å². The van der Waals surface area contributed by atoms with Gasteiger partial charge in [0, 0.05) is 0 Å². The first kappa shape index (κ1) is 19.5. The Morgan fingerprint density at radius 2 is 1.05 bits per heavy atom. The standard InChI is InChI=1S/C20H38/c1-4-5-6-7-8-9-10-11-12-13-14-15-16-17-18-19-20(2)3/h6-7,17-18,20H,4-5,8-16,19H2,1-3H3/b7-6+,18-17+. The van der Waals surface area contributed by atoms with E-state index in [0.717, 1.165) is 5.92 Å². The Hall–Kier alpha value is -0.520. The highest BCUT2D eigenvalue weighted by molar-refractivity contribution is 4.82. The predicted octanol–water partition coefficient (Wildman–Crippen LogP) is 7.46. The molecule has 0 atom stereocenters. The minimum atomic E-state index is 0.808. The van der Waals surface area contributed by atoms with Crippen molar-refractivity contribution in [3.63, 3.8) is 0 Å². The molecule has 0 aliphatic rings. The van der Waals surface area contributed by atoms with E-state index in [1.165, 1.54) is 77.0 Å². The van der Waals surface area contributed by atoms with E-state index in [1.807, 2.05) is 0 Å². The summed E-state index contributed by atoms with van der Waals surface area (Å²) in [5, 5.41) is 0. The maximum Gasteiger partial charge on any atom is -0.0327 e. The van der Waals surface area contributed by atoms with Crippen LogP contribution in [0, 0.1) is 5.92 Å². The van der Waals surface area contributed by atoms with Gasteiger partial charge < -0.3 is 0 Å². The fourth-order valence-electron chi connectivity index (χ4n) is 2.30. The van der Waals surface area contributed by atoms with Crippen molar-refractivity contribution in [2.24, 2.45) is 5.92 Å². The van der Waals surface area contributed by atoms with Crippen molar-refractivity contribution in [2.45, 2.75) is 97.8 Å². The summed E-state index contributed by atoms with van der Waals surface area (Å²) in [7, 11) is 0. The summed E-state index contributed by atoms with van der Waals surface area (Å²) < 4.78 is 0. The zero-order chi connectivity index (χ0) is 14.9. The van der Waals surface area contributed by atoms with Crippen molar-refractivity contribution in [3.8, 4) is 0 Å². The second kappa shape index (κ2) is 16.5. The van der Waals surface area contributed by atoms with Gasteiger partial charge in [-0.15, -0.1) is 0 Å². The first-order chi connectivity index (χ1) is 9.77. The molecule has 0 bridgehead atoms. The molecule has 20 heavy (non-hydrogen) atoms. The molecule has 0 aromatic rings. The van der Waals surface area contributed by atoms with E-state index in [9.17, 15) is 0 Å². The van der Waals surface area contributed by atoms with Gasteiger partial charge in [0.15, 0.2) is 0 Å². The first-order valence-electron chi connectivity index (χ1n) is 9.07. The summed E-state index contributed by atoms with van der Waals surface area (Å²) in [6.07, 6.45) is 25.7. The Kier molecular flexibility index (Phi) is 16.1. The van der Waals surface area contributed by atoms with Crippen molar-refractivity contribution in [1.82, 2.24) is 0 Å². The van der Waals surface area contributed by atoms with Crippen molar-refractivity contribution in [2.75, 3.05) is 0 Å². The van der Waals surface area contributed by atoms with Gasteiger partial charge in [0.2, 0.25) is 0 Å². The number of unbranched alkanes of at least 4 members (excludes halogenated alkanes) is 9. The molecule has 0 nitrogen and oxygen atoms in total. The fraction of sp³-hybridized carbons (Fsp3) is 0.800. The average molecular weight is 279 g/mol. The van der Waals surface area contributed by atoms with Crippen LogP contribution in [0.4, 0.5) is 0 Å². The van der Waals surface area contributed by atoms with Crippen LogP contribution >= 0.6 is 0 Å². The summed E-state index contributed by atoms with van der Waals surface area (Å²) in [6.45, 7) is 6.80. The Labute approximate surface area is 128 Å². The van der Waals surface area contributed by atoms with Gasteiger partial charge in [-0.3, -0.25) is 0 Å². The molecule has 0 spiro atoms. The molecule has 0 amide bonds. The van der Waals surface area contributed by atoms with Gasteiger partial charge in [0.05, 0.1) is 0 Å². The molecule has 0 aliphatic carbocycles. The Morgan fingerprint density at radius 3 is 1.55 bits per heavy atom. The lowest BCUT2D eigenvalue weighted by molar-refractivity contribution is 0.583. The molecule has 0 fully saturated rings. The molecular weight excluding hydrogens is 240 g/mol. The molecule has 0 radical (unpaired) electrons. The Morgan fingerprint density at radius 1 is 0.600 bits per heavy atom. The van der Waals surface area contributed by atoms with Crippen molar-refractivity contribution in [3.05, 3.63) is 24.3 Å². The van der Waals surface area contributed by atoms with E-state index in [4.69, 9.17) is 0 Å². The van der Waals surface area contributed by atoms with Crippen LogP contribution in [-0.4, -0.2) is 0 Å². The third-order valence-electron chi connectivity index (χ3n) is 3.64. The third kappa shape index (κ3) is 17.5. The molecule has 0 aromatic carbocycles. The van der Waals surface area contributed by atoms with Crippen molar-refractivity contribution >= 4 is 0 Å². The summed E-state index contributed by atoms with van der Waals surface area (Å²) in [5.41, 5.74) is 0. The molecule has 0 heterocycles. The summed E-state index contributed by atoms with van der Waals surface area (Å²) >= 11 is 0. The van der Waals surface area contributed by atoms with Crippen LogP contribution in [0.25, 0.3) is 0 Å². The zero-order valence-electron chi connectivity index (χ0n) is 14.4. The Balaban J connectivity index is 3.08. The molecular formula is C20H38. The predicted molar refractivity (Wildman–Crippen MR) is 94.2 cm³/mol. The lowest BCUT2D eigenvalue weighted by Crippen LogP contribution is -1.82. The SMILES string of the molecule is CCC/C=C/CCCCCCCCC/C=C/CC(C)C. The van der Waals surface area contributed by atoms with Crippen LogP contribution in [0.2, 0.25) is 0 Å². The number of rotatable bonds is 14. The molecule has 118 valence electrons. The van der Waals surface area contributed by atoms with Gasteiger partial charge in [-0.05, 0) is 44.4 Å². The maximum absolute atomic E-state index is 2.38. The smallest absolute Gasteiger partial charge is 0.0327 e. The fourth-order valence-corrected chi connectivity index (χ4v) is 2.30. The molecule has 0 saturated heterocycles. The van der Waals surface area contributed by atoms with Crippen LogP contribution in [0.3, 0.4) is 0 Å². The van der Waals surface area contributed by atoms with Gasteiger partial charge >= 0.3 is 0 Å². The van der Waals surface area contributed by atoms with Crippen molar-refractivity contribution < 1.29 is 0 Å². The van der Waals surface area contributed by atoms with Gasteiger partial charge in [-0.25, -0.2) is 0 Å². The van der Waals surface area contributed by atoms with Gasteiger partial charge in [-0.1, -0.05) is 83.6 Å². The molecule has 0 aromatic heterocycles. The van der Waals surface area contributed by atoms with E-state index in [2.05, 4.69) is 45.1 Å². The van der Waals surface area contributed by atoms with Gasteiger partial charge in [0.1, 0.15) is 0 Å². The third-order valence-corrected chi connectivity index (χ3v) is 3.64. The van der Waals surface area contributed by atoms with E-state index in [0.29, 0.717) is 0 Å². The second-order valence-electron chi connectivity index (χ2n) is 6.41. The number of hydrogen-bond acceptors (Lipinski definition) is 0. The number of hydrogen-bond donors (Lipinski definition) is 0. The summed E-state index contributed by atoms with van der Waals surface area (Å²) in [5.74, 6) is 0.808. The average Bonchev–Trinajstić information content (AvgIpc) is 2.43. The van der Waals surface area contributed by atoms with Gasteiger partial charge in [-0.2, -0.15) is 0 Å². The minimum absolute atomic E-state index is 0.808. The van der Waals surface area contributed by atoms with Crippen LogP contribution in [0.1, 0.15) is 97.8 Å². The molecule has 0 heteroatoms. The molecule has 0 aliphatic heterocycles. The molecule has 0 unspecified atom stereocenters. The maximum atomic E-state index is 2.38. The quantitative estimate of drug-likeness (QED) is 0.228. The van der Waals surface area contributed by atoms with Crippen molar-refractivity contribution in [1.29, 1.82) is 0 Å². The largest absolute Gasteiger partial charge is 0.0885 e. The van der Waals surface area contributed by atoms with E-state index in [1.54, 1.807) is 0 Å². The zero-order valence-corrected chi connectivity index (χ0v) is 14.4. The number of allylic oxidation sites excluding steroid dienone is 4. The minimum Gasteiger partial charge on any atom is -0.0885 e. The van der Waals surface area contributed by atoms with E-state index >= 15 is 0 Å². The van der Waals surface area contributed by atoms with Crippen LogP contribution in [0.5, 0.6) is 0 Å². The highest BCUT2D eigenvalue weighted by atomic mass is 14.0. The molecule has 0 rings (SSSR count). The summed E-state index contributed by atoms with van der Waals surface area (Å²) in [6, 6.07) is 0. The first-order valence-corrected chi connectivity index (χ1v) is 9.07. The topological polar surface area (TPSA) is 0 Å². The monoisotopic (exact) mass is 278 g/mol. The highest BCUT2D eigenvalue weighted by Crippen LogP contribution is 2.11. The summed E-state index contributed by atoms with van der Waals surface area (Å²) in [4.78, 5) is 0. The van der Waals surface area contributed by atoms with E-state index in [-0.39, 0.29) is 0 Å². The normalized spacial score (nSPS) is 12.2. The lowest BCUT2D eigenvalue weighted by Gasteiger charge is -2.00. The van der Waals surface area contributed by atoms with Crippen LogP contribution in [0.15, 0.2) is 24.3 Å². The molecule has 0 saturated carbocycles. The second-order valence-corrected chi connectivity index (χ2v) is 6.41. The van der Waals surface area contributed by atoms with E-state index < -0.39 is 0 Å². The lowest BCUT2D eigenvalue weighted by atomic mass is 10.1.